The minimum absolute atomic E-state index is 0.0641. The van der Waals surface area contributed by atoms with E-state index in [1.807, 2.05) is 45.9 Å². The average molecular weight is 255 g/mol. The van der Waals surface area contributed by atoms with Crippen LogP contribution >= 0.6 is 11.6 Å². The molecular weight excluding hydrogens is 236 g/mol. The van der Waals surface area contributed by atoms with Crippen molar-refractivity contribution < 1.29 is 4.84 Å². The summed E-state index contributed by atoms with van der Waals surface area (Å²) in [6, 6.07) is 5.83. The smallest absolute Gasteiger partial charge is 0.123 e. The van der Waals surface area contributed by atoms with Crippen molar-refractivity contribution >= 4 is 17.3 Å². The second-order valence-corrected chi connectivity index (χ2v) is 5.18. The standard InChI is InChI=1S/C13H19ClN2O/c1-10-6-5-7-12(15-10)11(2)16-17-9-13(3,4)8-14/h5-7H,8-9H2,1-4H3/b16-11+. The third kappa shape index (κ3) is 4.73. The van der Waals surface area contributed by atoms with E-state index in [2.05, 4.69) is 10.1 Å². The number of oxime groups is 1. The van der Waals surface area contributed by atoms with Crippen LogP contribution in [0.25, 0.3) is 0 Å². The molecule has 1 aromatic rings. The number of pyridine rings is 1. The van der Waals surface area contributed by atoms with E-state index >= 15 is 0 Å². The van der Waals surface area contributed by atoms with Crippen LogP contribution in [0.15, 0.2) is 23.4 Å². The SMILES string of the molecule is C/C(=N\OCC(C)(C)CCl)c1cccc(C)n1. The highest BCUT2D eigenvalue weighted by Gasteiger charge is 2.17. The lowest BCUT2D eigenvalue weighted by molar-refractivity contribution is 0.0788. The first kappa shape index (κ1) is 14.0. The molecule has 0 spiro atoms. The van der Waals surface area contributed by atoms with E-state index in [1.54, 1.807) is 0 Å². The fourth-order valence-corrected chi connectivity index (χ4v) is 1.21. The first-order valence-corrected chi connectivity index (χ1v) is 6.14. The topological polar surface area (TPSA) is 34.5 Å². The molecule has 0 bridgehead atoms. The van der Waals surface area contributed by atoms with Crippen LogP contribution in [0.3, 0.4) is 0 Å². The molecule has 0 atom stereocenters. The maximum Gasteiger partial charge on any atom is 0.123 e. The van der Waals surface area contributed by atoms with Gasteiger partial charge in [-0.15, -0.1) is 11.6 Å². The molecule has 1 aromatic heterocycles. The maximum absolute atomic E-state index is 5.81. The number of hydrogen-bond acceptors (Lipinski definition) is 3. The van der Waals surface area contributed by atoms with Gasteiger partial charge in [-0.05, 0) is 26.0 Å². The molecule has 94 valence electrons. The number of aryl methyl sites for hydroxylation is 1. The van der Waals surface area contributed by atoms with Gasteiger partial charge in [-0.1, -0.05) is 25.1 Å². The van der Waals surface area contributed by atoms with Crippen LogP contribution in [0.1, 0.15) is 32.2 Å². The van der Waals surface area contributed by atoms with Gasteiger partial charge in [-0.25, -0.2) is 0 Å². The van der Waals surface area contributed by atoms with Crippen LogP contribution in [-0.4, -0.2) is 23.2 Å². The van der Waals surface area contributed by atoms with Gasteiger partial charge in [0.1, 0.15) is 12.3 Å². The molecule has 1 rings (SSSR count). The largest absolute Gasteiger partial charge is 0.395 e. The van der Waals surface area contributed by atoms with Crippen LogP contribution in [0.4, 0.5) is 0 Å². The Labute approximate surface area is 108 Å². The Morgan fingerprint density at radius 1 is 1.47 bits per heavy atom. The first-order valence-electron chi connectivity index (χ1n) is 5.61. The van der Waals surface area contributed by atoms with Crippen molar-refractivity contribution in [2.75, 3.05) is 12.5 Å². The lowest BCUT2D eigenvalue weighted by Gasteiger charge is -2.18. The molecule has 0 saturated carbocycles. The van der Waals surface area contributed by atoms with Gasteiger partial charge < -0.3 is 4.84 Å². The highest BCUT2D eigenvalue weighted by Crippen LogP contribution is 2.17. The Morgan fingerprint density at radius 3 is 2.76 bits per heavy atom. The molecule has 1 heterocycles. The van der Waals surface area contributed by atoms with Gasteiger partial charge in [-0.2, -0.15) is 0 Å². The van der Waals surface area contributed by atoms with Gasteiger partial charge >= 0.3 is 0 Å². The van der Waals surface area contributed by atoms with Crippen molar-refractivity contribution in [1.82, 2.24) is 4.98 Å². The molecule has 0 aromatic carbocycles. The molecule has 0 amide bonds. The molecule has 4 heteroatoms. The summed E-state index contributed by atoms with van der Waals surface area (Å²) < 4.78 is 0. The molecule has 0 aliphatic heterocycles. The highest BCUT2D eigenvalue weighted by molar-refractivity contribution is 6.18. The summed E-state index contributed by atoms with van der Waals surface area (Å²) in [7, 11) is 0. The van der Waals surface area contributed by atoms with E-state index < -0.39 is 0 Å². The van der Waals surface area contributed by atoms with E-state index in [-0.39, 0.29) is 5.41 Å². The second kappa shape index (κ2) is 6.01. The van der Waals surface area contributed by atoms with E-state index in [9.17, 15) is 0 Å². The van der Waals surface area contributed by atoms with Crippen molar-refractivity contribution in [3.63, 3.8) is 0 Å². The van der Waals surface area contributed by atoms with E-state index in [4.69, 9.17) is 16.4 Å². The van der Waals surface area contributed by atoms with Crippen LogP contribution in [-0.2, 0) is 4.84 Å². The van der Waals surface area contributed by atoms with Gasteiger partial charge in [0.25, 0.3) is 0 Å². The molecule has 0 fully saturated rings. The lowest BCUT2D eigenvalue weighted by Crippen LogP contribution is -2.20. The summed E-state index contributed by atoms with van der Waals surface area (Å²) >= 11 is 5.81. The van der Waals surface area contributed by atoms with Crippen molar-refractivity contribution in [2.45, 2.75) is 27.7 Å². The van der Waals surface area contributed by atoms with E-state index in [0.717, 1.165) is 17.1 Å². The fraction of sp³-hybridized carbons (Fsp3) is 0.538. The van der Waals surface area contributed by atoms with Gasteiger partial charge in [0.05, 0.1) is 5.69 Å². The maximum atomic E-state index is 5.81. The Kier molecular flexibility index (Phi) is 4.94. The number of aromatic nitrogens is 1. The van der Waals surface area contributed by atoms with Crippen molar-refractivity contribution in [3.05, 3.63) is 29.6 Å². The molecule has 17 heavy (non-hydrogen) atoms. The van der Waals surface area contributed by atoms with Gasteiger partial charge in [0.2, 0.25) is 0 Å². The third-order valence-corrected chi connectivity index (χ3v) is 3.00. The summed E-state index contributed by atoms with van der Waals surface area (Å²) in [5.41, 5.74) is 2.52. The summed E-state index contributed by atoms with van der Waals surface area (Å²) in [6.07, 6.45) is 0. The Bertz CT molecular complexity index is 402. The van der Waals surface area contributed by atoms with Crippen molar-refractivity contribution in [1.29, 1.82) is 0 Å². The van der Waals surface area contributed by atoms with E-state index in [0.29, 0.717) is 12.5 Å². The predicted molar refractivity (Wildman–Crippen MR) is 71.6 cm³/mol. The molecule has 0 aliphatic carbocycles. The predicted octanol–water partition coefficient (Wildman–Crippen LogP) is 3.40. The van der Waals surface area contributed by atoms with E-state index in [1.165, 1.54) is 0 Å². The summed E-state index contributed by atoms with van der Waals surface area (Å²) in [5, 5.41) is 4.06. The third-order valence-electron chi connectivity index (χ3n) is 2.28. The van der Waals surface area contributed by atoms with Gasteiger partial charge in [0.15, 0.2) is 0 Å². The molecular formula is C13H19ClN2O. The van der Waals surface area contributed by atoms with Crippen LogP contribution in [0.5, 0.6) is 0 Å². The number of alkyl halides is 1. The lowest BCUT2D eigenvalue weighted by atomic mass is 9.98. The van der Waals surface area contributed by atoms with Gasteiger partial charge in [-0.3, -0.25) is 4.98 Å². The van der Waals surface area contributed by atoms with Gasteiger partial charge in [0, 0.05) is 17.0 Å². The Morgan fingerprint density at radius 2 is 2.18 bits per heavy atom. The Hall–Kier alpha value is -1.09. The molecule has 0 saturated heterocycles. The quantitative estimate of drug-likeness (QED) is 0.459. The van der Waals surface area contributed by atoms with Crippen molar-refractivity contribution in [2.24, 2.45) is 10.6 Å². The molecule has 0 N–H and O–H groups in total. The molecule has 3 nitrogen and oxygen atoms in total. The number of rotatable bonds is 5. The van der Waals surface area contributed by atoms with Crippen LogP contribution in [0.2, 0.25) is 0 Å². The Balaban J connectivity index is 2.61. The number of hydrogen-bond donors (Lipinski definition) is 0. The monoisotopic (exact) mass is 254 g/mol. The minimum atomic E-state index is -0.0641. The second-order valence-electron chi connectivity index (χ2n) is 4.91. The summed E-state index contributed by atoms with van der Waals surface area (Å²) in [5.74, 6) is 0.546. The first-order chi connectivity index (χ1) is 7.94. The zero-order chi connectivity index (χ0) is 12.9. The van der Waals surface area contributed by atoms with Crippen LogP contribution < -0.4 is 0 Å². The summed E-state index contributed by atoms with van der Waals surface area (Å²) in [6.45, 7) is 8.41. The summed E-state index contributed by atoms with van der Waals surface area (Å²) in [4.78, 5) is 9.68. The normalized spacial score (nSPS) is 12.6. The molecule has 0 radical (unpaired) electrons. The minimum Gasteiger partial charge on any atom is -0.395 e. The zero-order valence-electron chi connectivity index (χ0n) is 10.8. The highest BCUT2D eigenvalue weighted by atomic mass is 35.5. The molecule has 0 aliphatic rings. The number of halogens is 1. The fourth-order valence-electron chi connectivity index (χ4n) is 1.13. The molecule has 0 unspecified atom stereocenters. The van der Waals surface area contributed by atoms with Crippen molar-refractivity contribution in [3.8, 4) is 0 Å². The number of nitrogens with zero attached hydrogens (tertiary/aromatic N) is 2. The van der Waals surface area contributed by atoms with Crippen LogP contribution in [0, 0.1) is 12.3 Å². The zero-order valence-corrected chi connectivity index (χ0v) is 11.6. The average Bonchev–Trinajstić information content (AvgIpc) is 2.28.